The van der Waals surface area contributed by atoms with Crippen LogP contribution in [0.5, 0.6) is 5.75 Å². The lowest BCUT2D eigenvalue weighted by Gasteiger charge is -2.29. The molecule has 140 valence electrons. The molecule has 1 saturated carbocycles. The Kier molecular flexibility index (Phi) is 7.11. The average molecular weight is 355 g/mol. The predicted octanol–water partition coefficient (Wildman–Crippen LogP) is 7.26. The molecule has 0 bridgehead atoms. The van der Waals surface area contributed by atoms with Crippen LogP contribution >= 0.6 is 0 Å². The number of halogens is 1. The number of rotatable bonds is 8. The fourth-order valence-electron chi connectivity index (χ4n) is 4.05. The molecule has 0 heterocycles. The van der Waals surface area contributed by atoms with Crippen LogP contribution in [0.3, 0.4) is 0 Å². The van der Waals surface area contributed by atoms with Gasteiger partial charge in [0.1, 0.15) is 18.2 Å². The molecule has 0 saturated heterocycles. The maximum absolute atomic E-state index is 12.9. The average Bonchev–Trinajstić information content (AvgIpc) is 2.69. The number of ether oxygens (including phenoxy) is 1. The molecule has 0 unspecified atom stereocenters. The van der Waals surface area contributed by atoms with Crippen molar-refractivity contribution in [2.75, 3.05) is 0 Å². The third-order valence-corrected chi connectivity index (χ3v) is 5.73. The molecule has 1 nitrogen and oxygen atoms in total. The van der Waals surface area contributed by atoms with Gasteiger partial charge in [-0.2, -0.15) is 0 Å². The van der Waals surface area contributed by atoms with Gasteiger partial charge in [0.15, 0.2) is 0 Å². The summed E-state index contributed by atoms with van der Waals surface area (Å²) in [6.45, 7) is 2.76. The topological polar surface area (TPSA) is 9.23 Å². The molecular weight excluding hydrogens is 323 g/mol. The van der Waals surface area contributed by atoms with Gasteiger partial charge in [-0.25, -0.2) is 4.39 Å². The van der Waals surface area contributed by atoms with Gasteiger partial charge in [0.05, 0.1) is 0 Å². The van der Waals surface area contributed by atoms with Gasteiger partial charge in [0.2, 0.25) is 0 Å². The van der Waals surface area contributed by atoms with Gasteiger partial charge in [-0.3, -0.25) is 0 Å². The van der Waals surface area contributed by atoms with E-state index in [4.69, 9.17) is 4.74 Å². The van der Waals surface area contributed by atoms with E-state index < -0.39 is 0 Å². The number of hydrogen-bond acceptors (Lipinski definition) is 1. The predicted molar refractivity (Wildman–Crippen MR) is 106 cm³/mol. The van der Waals surface area contributed by atoms with E-state index in [9.17, 15) is 4.39 Å². The van der Waals surface area contributed by atoms with Crippen LogP contribution in [-0.2, 0) is 6.61 Å². The summed E-state index contributed by atoms with van der Waals surface area (Å²) in [5, 5.41) is 0. The second-order valence-corrected chi connectivity index (χ2v) is 7.70. The third-order valence-electron chi connectivity index (χ3n) is 5.73. The molecule has 1 aliphatic rings. The highest BCUT2D eigenvalue weighted by Gasteiger charge is 2.21. The van der Waals surface area contributed by atoms with E-state index in [0.717, 1.165) is 17.2 Å². The zero-order valence-electron chi connectivity index (χ0n) is 15.9. The SMILES string of the molecule is CCCCC[C@H]1CC[C@H](c2ccc(OCc3ccc(F)cc3)cc2)CC1. The molecule has 1 fully saturated rings. The number of hydrogen-bond donors (Lipinski definition) is 0. The molecule has 2 heteroatoms. The number of benzene rings is 2. The highest BCUT2D eigenvalue weighted by molar-refractivity contribution is 5.30. The van der Waals surface area contributed by atoms with Crippen LogP contribution in [0.25, 0.3) is 0 Å². The summed E-state index contributed by atoms with van der Waals surface area (Å²) >= 11 is 0. The summed E-state index contributed by atoms with van der Waals surface area (Å²) < 4.78 is 18.8. The molecule has 26 heavy (non-hydrogen) atoms. The zero-order chi connectivity index (χ0) is 18.2. The summed E-state index contributed by atoms with van der Waals surface area (Å²) in [4.78, 5) is 0. The summed E-state index contributed by atoms with van der Waals surface area (Å²) in [5.41, 5.74) is 2.43. The van der Waals surface area contributed by atoms with E-state index in [1.165, 1.54) is 69.1 Å². The molecule has 2 aromatic carbocycles. The standard InChI is InChI=1S/C24H31FO/c1-2-3-4-5-19-6-10-21(11-7-19)22-12-16-24(17-13-22)26-18-20-8-14-23(25)15-9-20/h8-9,12-17,19,21H,2-7,10-11,18H2,1H3/t19-,21-. The molecule has 1 aliphatic carbocycles. The Morgan fingerprint density at radius 1 is 0.885 bits per heavy atom. The normalized spacial score (nSPS) is 20.1. The first kappa shape index (κ1) is 18.9. The lowest BCUT2D eigenvalue weighted by molar-refractivity contribution is 0.300. The zero-order valence-corrected chi connectivity index (χ0v) is 15.9. The van der Waals surface area contributed by atoms with Gasteiger partial charge < -0.3 is 4.74 Å². The number of unbranched alkanes of at least 4 members (excludes halogenated alkanes) is 2. The van der Waals surface area contributed by atoms with Crippen molar-refractivity contribution in [3.63, 3.8) is 0 Å². The smallest absolute Gasteiger partial charge is 0.123 e. The third kappa shape index (κ3) is 5.59. The van der Waals surface area contributed by atoms with Gasteiger partial charge in [0.25, 0.3) is 0 Å². The first-order chi connectivity index (χ1) is 12.7. The van der Waals surface area contributed by atoms with Gasteiger partial charge in [-0.15, -0.1) is 0 Å². The highest BCUT2D eigenvalue weighted by atomic mass is 19.1. The van der Waals surface area contributed by atoms with E-state index in [1.807, 2.05) is 0 Å². The van der Waals surface area contributed by atoms with E-state index >= 15 is 0 Å². The lowest BCUT2D eigenvalue weighted by Crippen LogP contribution is -2.13. The van der Waals surface area contributed by atoms with Gasteiger partial charge in [-0.1, -0.05) is 56.9 Å². The van der Waals surface area contributed by atoms with Crippen molar-refractivity contribution in [3.05, 3.63) is 65.5 Å². The van der Waals surface area contributed by atoms with Crippen LogP contribution in [-0.4, -0.2) is 0 Å². The van der Waals surface area contributed by atoms with Crippen molar-refractivity contribution in [3.8, 4) is 5.75 Å². The second kappa shape index (κ2) is 9.75. The van der Waals surface area contributed by atoms with Crippen molar-refractivity contribution in [1.29, 1.82) is 0 Å². The Morgan fingerprint density at radius 3 is 2.23 bits per heavy atom. The Hall–Kier alpha value is -1.83. The molecular formula is C24H31FO. The molecule has 2 aromatic rings. The fraction of sp³-hybridized carbons (Fsp3) is 0.500. The monoisotopic (exact) mass is 354 g/mol. The van der Waals surface area contributed by atoms with Crippen LogP contribution in [0.1, 0.15) is 75.3 Å². The molecule has 0 amide bonds. The minimum atomic E-state index is -0.210. The first-order valence-corrected chi connectivity index (χ1v) is 10.2. The molecule has 0 atom stereocenters. The molecule has 0 radical (unpaired) electrons. The van der Waals surface area contributed by atoms with Crippen LogP contribution in [0.15, 0.2) is 48.5 Å². The lowest BCUT2D eigenvalue weighted by atomic mass is 9.77. The first-order valence-electron chi connectivity index (χ1n) is 10.2. The van der Waals surface area contributed by atoms with Crippen molar-refractivity contribution in [2.24, 2.45) is 5.92 Å². The quantitative estimate of drug-likeness (QED) is 0.453. The Bertz CT molecular complexity index is 639. The maximum Gasteiger partial charge on any atom is 0.123 e. The molecule has 3 rings (SSSR count). The highest BCUT2D eigenvalue weighted by Crippen LogP contribution is 2.38. The van der Waals surface area contributed by atoms with Crippen LogP contribution in [0.4, 0.5) is 4.39 Å². The minimum absolute atomic E-state index is 0.210. The minimum Gasteiger partial charge on any atom is -0.489 e. The largest absolute Gasteiger partial charge is 0.489 e. The fourth-order valence-corrected chi connectivity index (χ4v) is 4.05. The van der Waals surface area contributed by atoms with Gasteiger partial charge >= 0.3 is 0 Å². The van der Waals surface area contributed by atoms with Crippen molar-refractivity contribution in [2.45, 2.75) is 70.8 Å². The van der Waals surface area contributed by atoms with Crippen molar-refractivity contribution < 1.29 is 9.13 Å². The summed E-state index contributed by atoms with van der Waals surface area (Å²) in [5.74, 6) is 2.34. The summed E-state index contributed by atoms with van der Waals surface area (Å²) in [6, 6.07) is 15.1. The molecule has 0 aliphatic heterocycles. The molecule has 0 N–H and O–H groups in total. The molecule has 0 aromatic heterocycles. The van der Waals surface area contributed by atoms with Crippen molar-refractivity contribution >= 4 is 0 Å². The van der Waals surface area contributed by atoms with Crippen molar-refractivity contribution in [1.82, 2.24) is 0 Å². The second-order valence-electron chi connectivity index (χ2n) is 7.70. The maximum atomic E-state index is 12.9. The van der Waals surface area contributed by atoms with Crippen LogP contribution in [0.2, 0.25) is 0 Å². The Balaban J connectivity index is 1.45. The Labute approximate surface area is 157 Å². The Morgan fingerprint density at radius 2 is 1.58 bits per heavy atom. The van der Waals surface area contributed by atoms with Crippen LogP contribution in [0, 0.1) is 11.7 Å². The van der Waals surface area contributed by atoms with Gasteiger partial charge in [0, 0.05) is 0 Å². The van der Waals surface area contributed by atoms with E-state index in [-0.39, 0.29) is 5.82 Å². The molecule has 0 spiro atoms. The summed E-state index contributed by atoms with van der Waals surface area (Å²) in [7, 11) is 0. The van der Waals surface area contributed by atoms with E-state index in [0.29, 0.717) is 12.5 Å². The van der Waals surface area contributed by atoms with Gasteiger partial charge in [-0.05, 0) is 72.9 Å². The van der Waals surface area contributed by atoms with Crippen LogP contribution < -0.4 is 4.74 Å². The summed E-state index contributed by atoms with van der Waals surface area (Å²) in [6.07, 6.45) is 11.0. The van der Waals surface area contributed by atoms with E-state index in [2.05, 4.69) is 31.2 Å². The van der Waals surface area contributed by atoms with E-state index in [1.54, 1.807) is 12.1 Å².